The molecule has 1 N–H and O–H groups in total. The number of nitrogens with zero attached hydrogens (tertiary/aromatic N) is 3. The molecule has 2 aliphatic rings. The number of hydrogen-bond donors (Lipinski definition) is 1. The predicted molar refractivity (Wildman–Crippen MR) is 128 cm³/mol. The number of nitrogens with one attached hydrogen (secondary N) is 1. The molecule has 0 aromatic heterocycles. The zero-order valence-electron chi connectivity index (χ0n) is 18.7. The highest BCUT2D eigenvalue weighted by Gasteiger charge is 2.28. The Morgan fingerprint density at radius 3 is 2.27 bits per heavy atom. The number of anilines is 1. The Hall–Kier alpha value is -2.48. The zero-order chi connectivity index (χ0) is 23.2. The maximum absolute atomic E-state index is 14.1. The molecule has 2 aromatic rings. The van der Waals surface area contributed by atoms with Crippen molar-refractivity contribution < 1.29 is 14.0 Å². The van der Waals surface area contributed by atoms with Gasteiger partial charge in [-0.05, 0) is 50.2 Å². The molecule has 0 unspecified atom stereocenters. The van der Waals surface area contributed by atoms with Crippen LogP contribution in [0, 0.1) is 11.7 Å². The minimum atomic E-state index is -0.290. The van der Waals surface area contributed by atoms with E-state index < -0.39 is 0 Å². The molecule has 0 atom stereocenters. The van der Waals surface area contributed by atoms with E-state index in [2.05, 4.69) is 15.1 Å². The predicted octanol–water partition coefficient (Wildman–Crippen LogP) is 3.47. The van der Waals surface area contributed by atoms with Gasteiger partial charge in [-0.15, -0.1) is 0 Å². The van der Waals surface area contributed by atoms with Gasteiger partial charge >= 0.3 is 0 Å². The van der Waals surface area contributed by atoms with Crippen LogP contribution in [0.15, 0.2) is 48.5 Å². The van der Waals surface area contributed by atoms with Crippen molar-refractivity contribution >= 4 is 29.1 Å². The number of halogens is 2. The molecule has 176 valence electrons. The van der Waals surface area contributed by atoms with Crippen LogP contribution in [0.1, 0.15) is 18.4 Å². The Morgan fingerprint density at radius 1 is 0.909 bits per heavy atom. The zero-order valence-corrected chi connectivity index (χ0v) is 19.4. The van der Waals surface area contributed by atoms with Gasteiger partial charge in [0.2, 0.25) is 11.8 Å². The molecule has 2 fully saturated rings. The van der Waals surface area contributed by atoms with Gasteiger partial charge in [-0.2, -0.15) is 0 Å². The molecule has 2 aromatic carbocycles. The summed E-state index contributed by atoms with van der Waals surface area (Å²) in [5, 5.41) is 3.42. The van der Waals surface area contributed by atoms with Crippen molar-refractivity contribution in [1.82, 2.24) is 14.7 Å². The minimum Gasteiger partial charge on any atom is -0.339 e. The highest BCUT2D eigenvalue weighted by Crippen LogP contribution is 2.22. The summed E-state index contributed by atoms with van der Waals surface area (Å²) in [6.45, 7) is 4.95. The highest BCUT2D eigenvalue weighted by molar-refractivity contribution is 6.31. The number of benzene rings is 2. The summed E-state index contributed by atoms with van der Waals surface area (Å²) in [5.74, 6) is -0.142. The minimum absolute atomic E-state index is 0.0229. The number of piperazine rings is 1. The van der Waals surface area contributed by atoms with Crippen LogP contribution in [-0.2, 0) is 16.1 Å². The van der Waals surface area contributed by atoms with Crippen LogP contribution in [0.4, 0.5) is 10.1 Å². The number of para-hydroxylation sites is 1. The molecule has 2 amide bonds. The third-order valence-electron chi connectivity index (χ3n) is 6.53. The normalized spacial score (nSPS) is 18.3. The Morgan fingerprint density at radius 2 is 1.61 bits per heavy atom. The fourth-order valence-corrected chi connectivity index (χ4v) is 4.70. The molecule has 0 saturated carbocycles. The van der Waals surface area contributed by atoms with Crippen molar-refractivity contribution in [2.24, 2.45) is 5.92 Å². The average Bonchev–Trinajstić information content (AvgIpc) is 2.83. The van der Waals surface area contributed by atoms with Crippen molar-refractivity contribution in [2.45, 2.75) is 19.4 Å². The second-order valence-electron chi connectivity index (χ2n) is 8.76. The molecule has 8 heteroatoms. The van der Waals surface area contributed by atoms with Crippen LogP contribution in [0.25, 0.3) is 0 Å². The van der Waals surface area contributed by atoms with Gasteiger partial charge in [-0.25, -0.2) is 4.39 Å². The SMILES string of the molecule is O=C(Nc1ccccc1)C1CCN(CC(=O)N2CCN(Cc3c(F)cccc3Cl)CC2)CC1. The molecule has 0 bridgehead atoms. The molecule has 0 spiro atoms. The van der Waals surface area contributed by atoms with Crippen molar-refractivity contribution in [3.63, 3.8) is 0 Å². The molecule has 2 aliphatic heterocycles. The lowest BCUT2D eigenvalue weighted by Gasteiger charge is -2.37. The van der Waals surface area contributed by atoms with Crippen LogP contribution in [0.2, 0.25) is 5.02 Å². The molecular formula is C25H30ClFN4O2. The number of carbonyl (C=O) groups excluding carboxylic acids is 2. The van der Waals surface area contributed by atoms with Gasteiger partial charge in [-0.3, -0.25) is 19.4 Å². The molecule has 0 aliphatic carbocycles. The van der Waals surface area contributed by atoms with Crippen LogP contribution >= 0.6 is 11.6 Å². The first kappa shape index (κ1) is 23.7. The summed E-state index contributed by atoms with van der Waals surface area (Å²) in [6.07, 6.45) is 1.51. The smallest absolute Gasteiger partial charge is 0.236 e. The van der Waals surface area contributed by atoms with Crippen molar-refractivity contribution in [3.05, 3.63) is 64.9 Å². The molecule has 33 heavy (non-hydrogen) atoms. The molecule has 4 rings (SSSR count). The summed E-state index contributed by atoms with van der Waals surface area (Å²) in [7, 11) is 0. The van der Waals surface area contributed by atoms with E-state index in [0.29, 0.717) is 49.9 Å². The number of hydrogen-bond acceptors (Lipinski definition) is 4. The van der Waals surface area contributed by atoms with E-state index in [1.165, 1.54) is 6.07 Å². The lowest BCUT2D eigenvalue weighted by Crippen LogP contribution is -2.51. The topological polar surface area (TPSA) is 55.9 Å². The lowest BCUT2D eigenvalue weighted by atomic mass is 9.95. The van der Waals surface area contributed by atoms with Gasteiger partial charge in [0.25, 0.3) is 0 Å². The van der Waals surface area contributed by atoms with Gasteiger partial charge in [-0.1, -0.05) is 35.9 Å². The fourth-order valence-electron chi connectivity index (χ4n) is 4.47. The fraction of sp³-hybridized carbons (Fsp3) is 0.440. The number of likely N-dealkylation sites (tertiary alicyclic amines) is 1. The van der Waals surface area contributed by atoms with Crippen LogP contribution in [0.5, 0.6) is 0 Å². The van der Waals surface area contributed by atoms with Crippen molar-refractivity contribution in [3.8, 4) is 0 Å². The second-order valence-corrected chi connectivity index (χ2v) is 9.17. The average molecular weight is 473 g/mol. The maximum atomic E-state index is 14.1. The van der Waals surface area contributed by atoms with Gasteiger partial charge in [0, 0.05) is 54.9 Å². The van der Waals surface area contributed by atoms with E-state index in [0.717, 1.165) is 31.6 Å². The summed E-state index contributed by atoms with van der Waals surface area (Å²) in [5.41, 5.74) is 1.33. The van der Waals surface area contributed by atoms with Gasteiger partial charge in [0.05, 0.1) is 6.54 Å². The van der Waals surface area contributed by atoms with Crippen LogP contribution < -0.4 is 5.32 Å². The Balaban J connectivity index is 1.18. The lowest BCUT2D eigenvalue weighted by molar-refractivity contribution is -0.134. The van der Waals surface area contributed by atoms with Crippen LogP contribution in [-0.4, -0.2) is 72.3 Å². The summed E-state index contributed by atoms with van der Waals surface area (Å²) >= 11 is 6.14. The van der Waals surface area contributed by atoms with Gasteiger partial charge < -0.3 is 10.2 Å². The van der Waals surface area contributed by atoms with E-state index in [1.54, 1.807) is 12.1 Å². The summed E-state index contributed by atoms with van der Waals surface area (Å²) in [4.78, 5) is 31.5. The quantitative estimate of drug-likeness (QED) is 0.699. The van der Waals surface area contributed by atoms with Crippen LogP contribution in [0.3, 0.4) is 0 Å². The van der Waals surface area contributed by atoms with Crippen molar-refractivity contribution in [1.29, 1.82) is 0 Å². The number of amides is 2. The van der Waals surface area contributed by atoms with Gasteiger partial charge in [0.1, 0.15) is 5.82 Å². The number of carbonyl (C=O) groups is 2. The molecule has 2 saturated heterocycles. The Bertz CT molecular complexity index is 938. The first-order chi connectivity index (χ1) is 16.0. The largest absolute Gasteiger partial charge is 0.339 e. The third kappa shape index (κ3) is 6.31. The number of piperidine rings is 1. The van der Waals surface area contributed by atoms with E-state index in [9.17, 15) is 14.0 Å². The molecule has 6 nitrogen and oxygen atoms in total. The number of rotatable bonds is 6. The first-order valence-corrected chi connectivity index (χ1v) is 11.9. The summed E-state index contributed by atoms with van der Waals surface area (Å²) in [6, 6.07) is 14.2. The highest BCUT2D eigenvalue weighted by atomic mass is 35.5. The monoisotopic (exact) mass is 472 g/mol. The maximum Gasteiger partial charge on any atom is 0.236 e. The molecule has 2 heterocycles. The third-order valence-corrected chi connectivity index (χ3v) is 6.88. The standard InChI is InChI=1S/C25H30ClFN4O2/c26-22-7-4-8-23(27)21(22)17-30-13-15-31(16-14-30)24(32)18-29-11-9-19(10-12-29)25(33)28-20-5-2-1-3-6-20/h1-8,19H,9-18H2,(H,28,33). The molecule has 0 radical (unpaired) electrons. The molecular weight excluding hydrogens is 443 g/mol. The van der Waals surface area contributed by atoms with E-state index in [-0.39, 0.29) is 23.5 Å². The Labute approximate surface area is 199 Å². The van der Waals surface area contributed by atoms with Crippen molar-refractivity contribution in [2.75, 3.05) is 51.1 Å². The van der Waals surface area contributed by atoms with E-state index in [1.807, 2.05) is 35.2 Å². The Kier molecular flexibility index (Phi) is 7.96. The second kappa shape index (κ2) is 11.1. The van der Waals surface area contributed by atoms with Gasteiger partial charge in [0.15, 0.2) is 0 Å². The van der Waals surface area contributed by atoms with E-state index >= 15 is 0 Å². The van der Waals surface area contributed by atoms with E-state index in [4.69, 9.17) is 11.6 Å². The first-order valence-electron chi connectivity index (χ1n) is 11.5. The summed E-state index contributed by atoms with van der Waals surface area (Å²) < 4.78 is 14.1.